The van der Waals surface area contributed by atoms with Gasteiger partial charge < -0.3 is 10.1 Å². The molecule has 1 N–H and O–H groups in total. The van der Waals surface area contributed by atoms with E-state index in [9.17, 15) is 14.4 Å². The van der Waals surface area contributed by atoms with E-state index in [1.807, 2.05) is 31.2 Å². The topological polar surface area (TPSA) is 75.7 Å². The Labute approximate surface area is 172 Å². The lowest BCUT2D eigenvalue weighted by molar-refractivity contribution is -0.121. The number of amides is 3. The Morgan fingerprint density at radius 2 is 1.71 bits per heavy atom. The predicted molar refractivity (Wildman–Crippen MR) is 108 cm³/mol. The number of rotatable bonds is 8. The highest BCUT2D eigenvalue weighted by Gasteiger charge is 2.35. The molecule has 1 aliphatic rings. The van der Waals surface area contributed by atoms with Crippen molar-refractivity contribution in [2.75, 3.05) is 13.2 Å². The zero-order valence-corrected chi connectivity index (χ0v) is 17.1. The van der Waals surface area contributed by atoms with Crippen LogP contribution in [0.1, 0.15) is 45.2 Å². The highest BCUT2D eigenvalue weighted by atomic mass is 79.9. The molecular weight excluding hydrogens is 424 g/mol. The van der Waals surface area contributed by atoms with E-state index >= 15 is 0 Å². The van der Waals surface area contributed by atoms with Crippen LogP contribution in [0.15, 0.2) is 46.9 Å². The Bertz CT molecular complexity index is 896. The fourth-order valence-electron chi connectivity index (χ4n) is 2.94. The zero-order chi connectivity index (χ0) is 20.1. The quantitative estimate of drug-likeness (QED) is 0.633. The van der Waals surface area contributed by atoms with Crippen molar-refractivity contribution in [1.29, 1.82) is 0 Å². The number of carbonyl (C=O) groups is 3. The van der Waals surface area contributed by atoms with Crippen molar-refractivity contribution in [3.63, 3.8) is 0 Å². The first kappa shape index (κ1) is 20.2. The van der Waals surface area contributed by atoms with Crippen molar-refractivity contribution >= 4 is 33.7 Å². The second-order valence-corrected chi connectivity index (χ2v) is 7.35. The lowest BCUT2D eigenvalue weighted by atomic mass is 10.1. The molecule has 1 aliphatic heterocycles. The first-order chi connectivity index (χ1) is 13.5. The number of fused-ring (bicyclic) bond motifs is 1. The normalized spacial score (nSPS) is 13.0. The molecule has 7 heteroatoms. The average molecular weight is 445 g/mol. The molecule has 146 valence electrons. The Balaban J connectivity index is 1.48. The Hall–Kier alpha value is -2.51. The molecule has 0 fully saturated rings. The summed E-state index contributed by atoms with van der Waals surface area (Å²) in [6.07, 6.45) is 0.0645. The van der Waals surface area contributed by atoms with Crippen molar-refractivity contribution < 1.29 is 19.1 Å². The molecule has 0 unspecified atom stereocenters. The number of carbonyl (C=O) groups excluding carboxylic acids is 3. The van der Waals surface area contributed by atoms with E-state index in [-0.39, 0.29) is 30.7 Å². The van der Waals surface area contributed by atoms with Crippen LogP contribution in [0.2, 0.25) is 0 Å². The summed E-state index contributed by atoms with van der Waals surface area (Å²) in [6, 6.07) is 12.8. The summed E-state index contributed by atoms with van der Waals surface area (Å²) in [6.45, 7) is 3.64. The van der Waals surface area contributed by atoms with Crippen molar-refractivity contribution in [2.45, 2.75) is 26.5 Å². The molecule has 3 amide bonds. The van der Waals surface area contributed by atoms with E-state index in [4.69, 9.17) is 4.74 Å². The van der Waals surface area contributed by atoms with Gasteiger partial charge in [0.1, 0.15) is 0 Å². The molecule has 2 aromatic carbocycles. The standard InChI is InChI=1S/C21H21BrN2O4/c1-2-28-13-15-5-3-14(4-6-15)12-23-19(25)9-10-24-20(26)17-8-7-16(22)11-18(17)21(24)27/h3-8,11H,2,9-10,12-13H2,1H3,(H,23,25). The van der Waals surface area contributed by atoms with E-state index in [0.29, 0.717) is 30.9 Å². The molecule has 0 bridgehead atoms. The number of benzene rings is 2. The number of hydrogen-bond donors (Lipinski definition) is 1. The van der Waals surface area contributed by atoms with Crippen LogP contribution in [0.25, 0.3) is 0 Å². The molecule has 0 spiro atoms. The van der Waals surface area contributed by atoms with Gasteiger partial charge in [-0.2, -0.15) is 0 Å². The van der Waals surface area contributed by atoms with E-state index < -0.39 is 0 Å². The summed E-state index contributed by atoms with van der Waals surface area (Å²) < 4.78 is 6.09. The summed E-state index contributed by atoms with van der Waals surface area (Å²) in [7, 11) is 0. The molecule has 6 nitrogen and oxygen atoms in total. The summed E-state index contributed by atoms with van der Waals surface area (Å²) in [5.41, 5.74) is 2.79. The number of nitrogens with zero attached hydrogens (tertiary/aromatic N) is 1. The molecule has 0 radical (unpaired) electrons. The molecule has 0 aromatic heterocycles. The highest BCUT2D eigenvalue weighted by molar-refractivity contribution is 9.10. The molecule has 1 heterocycles. The van der Waals surface area contributed by atoms with Crippen LogP contribution < -0.4 is 5.32 Å². The van der Waals surface area contributed by atoms with Gasteiger partial charge in [0, 0.05) is 30.6 Å². The molecular formula is C21H21BrN2O4. The maximum Gasteiger partial charge on any atom is 0.261 e. The van der Waals surface area contributed by atoms with Crippen molar-refractivity contribution in [2.24, 2.45) is 0 Å². The second-order valence-electron chi connectivity index (χ2n) is 6.43. The van der Waals surface area contributed by atoms with E-state index in [2.05, 4.69) is 21.2 Å². The lowest BCUT2D eigenvalue weighted by Crippen LogP contribution is -2.34. The predicted octanol–water partition coefficient (Wildman–Crippen LogP) is 3.29. The molecule has 0 atom stereocenters. The van der Waals surface area contributed by atoms with E-state index in [1.165, 1.54) is 0 Å². The first-order valence-electron chi connectivity index (χ1n) is 9.07. The number of ether oxygens (including phenoxy) is 1. The largest absolute Gasteiger partial charge is 0.377 e. The van der Waals surface area contributed by atoms with Crippen LogP contribution in [0.4, 0.5) is 0 Å². The van der Waals surface area contributed by atoms with Gasteiger partial charge in [-0.05, 0) is 36.2 Å². The van der Waals surface area contributed by atoms with Gasteiger partial charge in [0.25, 0.3) is 11.8 Å². The van der Waals surface area contributed by atoms with Gasteiger partial charge in [-0.1, -0.05) is 40.2 Å². The number of nitrogens with one attached hydrogen (secondary N) is 1. The zero-order valence-electron chi connectivity index (χ0n) is 15.5. The minimum Gasteiger partial charge on any atom is -0.377 e. The van der Waals surface area contributed by atoms with Gasteiger partial charge in [-0.3, -0.25) is 19.3 Å². The molecule has 28 heavy (non-hydrogen) atoms. The Morgan fingerprint density at radius 1 is 1.04 bits per heavy atom. The molecule has 2 aromatic rings. The summed E-state index contributed by atoms with van der Waals surface area (Å²) in [5.74, 6) is -0.930. The van der Waals surface area contributed by atoms with Crippen LogP contribution >= 0.6 is 15.9 Å². The maximum absolute atomic E-state index is 12.4. The SMILES string of the molecule is CCOCc1ccc(CNC(=O)CCN2C(=O)c3ccc(Br)cc3C2=O)cc1. The van der Waals surface area contributed by atoms with Gasteiger partial charge >= 0.3 is 0 Å². The molecule has 3 rings (SSSR count). The fourth-order valence-corrected chi connectivity index (χ4v) is 3.30. The minimum atomic E-state index is -0.362. The third-order valence-corrected chi connectivity index (χ3v) is 4.97. The monoisotopic (exact) mass is 444 g/mol. The average Bonchev–Trinajstić information content (AvgIpc) is 2.93. The third kappa shape index (κ3) is 4.66. The fraction of sp³-hybridized carbons (Fsp3) is 0.286. The highest BCUT2D eigenvalue weighted by Crippen LogP contribution is 2.26. The summed E-state index contributed by atoms with van der Waals surface area (Å²) in [5, 5.41) is 2.82. The summed E-state index contributed by atoms with van der Waals surface area (Å²) >= 11 is 3.30. The van der Waals surface area contributed by atoms with Crippen LogP contribution in [0.5, 0.6) is 0 Å². The third-order valence-electron chi connectivity index (χ3n) is 4.48. The van der Waals surface area contributed by atoms with Gasteiger partial charge in [0.05, 0.1) is 17.7 Å². The van der Waals surface area contributed by atoms with Crippen LogP contribution in [0.3, 0.4) is 0 Å². The minimum absolute atomic E-state index is 0.0586. The number of hydrogen-bond acceptors (Lipinski definition) is 4. The van der Waals surface area contributed by atoms with Crippen molar-refractivity contribution in [3.05, 3.63) is 69.2 Å². The first-order valence-corrected chi connectivity index (χ1v) is 9.87. The lowest BCUT2D eigenvalue weighted by Gasteiger charge is -2.13. The van der Waals surface area contributed by atoms with Gasteiger partial charge in [-0.15, -0.1) is 0 Å². The number of halogens is 1. The van der Waals surface area contributed by atoms with E-state index in [0.717, 1.165) is 20.5 Å². The molecule has 0 saturated carbocycles. The van der Waals surface area contributed by atoms with Crippen molar-refractivity contribution in [3.8, 4) is 0 Å². The van der Waals surface area contributed by atoms with Gasteiger partial charge in [-0.25, -0.2) is 0 Å². The molecule has 0 saturated heterocycles. The number of imide groups is 1. The van der Waals surface area contributed by atoms with Crippen LogP contribution in [0, 0.1) is 0 Å². The van der Waals surface area contributed by atoms with Crippen molar-refractivity contribution in [1.82, 2.24) is 10.2 Å². The second kappa shape index (κ2) is 9.12. The smallest absolute Gasteiger partial charge is 0.261 e. The Kier molecular flexibility index (Phi) is 6.59. The van der Waals surface area contributed by atoms with Crippen LogP contribution in [-0.4, -0.2) is 35.8 Å². The Morgan fingerprint density at radius 3 is 2.43 bits per heavy atom. The van der Waals surface area contributed by atoms with E-state index in [1.54, 1.807) is 18.2 Å². The maximum atomic E-state index is 12.4. The summed E-state index contributed by atoms with van der Waals surface area (Å²) in [4.78, 5) is 38.0. The van der Waals surface area contributed by atoms with Crippen LogP contribution in [-0.2, 0) is 22.7 Å². The van der Waals surface area contributed by atoms with Gasteiger partial charge in [0.15, 0.2) is 0 Å². The van der Waals surface area contributed by atoms with Gasteiger partial charge in [0.2, 0.25) is 5.91 Å². The molecule has 0 aliphatic carbocycles.